The van der Waals surface area contributed by atoms with E-state index in [1.54, 1.807) is 18.5 Å². The maximum atomic E-state index is 14.7. The third-order valence-corrected chi connectivity index (χ3v) is 6.89. The number of pyridine rings is 1. The van der Waals surface area contributed by atoms with Gasteiger partial charge in [0, 0.05) is 48.8 Å². The van der Waals surface area contributed by atoms with Crippen LogP contribution in [0, 0.1) is 11.7 Å². The van der Waals surface area contributed by atoms with E-state index in [1.807, 2.05) is 50.5 Å². The number of nitrogens with zero attached hydrogens (tertiary/aromatic N) is 2. The van der Waals surface area contributed by atoms with Crippen molar-refractivity contribution in [3.05, 3.63) is 113 Å². The highest BCUT2D eigenvalue weighted by Crippen LogP contribution is 2.49. The van der Waals surface area contributed by atoms with Crippen molar-refractivity contribution < 1.29 is 14.0 Å². The molecule has 2 atom stereocenters. The maximum Gasteiger partial charge on any atom is 0.251 e. The van der Waals surface area contributed by atoms with Crippen molar-refractivity contribution in [3.8, 4) is 0 Å². The molecule has 188 valence electrons. The summed E-state index contributed by atoms with van der Waals surface area (Å²) in [6, 6.07) is 20.4. The Hall–Kier alpha value is -3.90. The highest BCUT2D eigenvalue weighted by molar-refractivity contribution is 5.94. The zero-order chi connectivity index (χ0) is 25.9. The fourth-order valence-corrected chi connectivity index (χ4v) is 4.93. The molecular weight excluding hydrogens is 465 g/mol. The molecular formula is C31H30FN3O2. The number of carbonyl (C=O) groups is 2. The molecule has 0 spiro atoms. The Morgan fingerprint density at radius 2 is 1.81 bits per heavy atom. The van der Waals surface area contributed by atoms with Gasteiger partial charge in [0.1, 0.15) is 11.6 Å². The largest absolute Gasteiger partial charge is 0.348 e. The summed E-state index contributed by atoms with van der Waals surface area (Å²) in [6.45, 7) is 1.21. The monoisotopic (exact) mass is 495 g/mol. The Morgan fingerprint density at radius 3 is 2.65 bits per heavy atom. The summed E-state index contributed by atoms with van der Waals surface area (Å²) in [6.07, 6.45) is 4.45. The van der Waals surface area contributed by atoms with Crippen LogP contribution in [0.15, 0.2) is 79.1 Å². The van der Waals surface area contributed by atoms with Gasteiger partial charge in [-0.2, -0.15) is 0 Å². The molecule has 1 aromatic heterocycles. The van der Waals surface area contributed by atoms with Crippen LogP contribution in [0.3, 0.4) is 0 Å². The molecule has 37 heavy (non-hydrogen) atoms. The minimum atomic E-state index is -0.369. The van der Waals surface area contributed by atoms with Crippen LogP contribution in [0.2, 0.25) is 0 Å². The predicted octanol–water partition coefficient (Wildman–Crippen LogP) is 5.28. The molecule has 1 amide bonds. The number of amides is 1. The number of aromatic nitrogens is 1. The summed E-state index contributed by atoms with van der Waals surface area (Å²) in [5.74, 6) is -0.932. The quantitative estimate of drug-likeness (QED) is 0.343. The van der Waals surface area contributed by atoms with Crippen molar-refractivity contribution in [2.45, 2.75) is 31.8 Å². The van der Waals surface area contributed by atoms with Crippen molar-refractivity contribution >= 4 is 22.5 Å². The third kappa shape index (κ3) is 5.92. The van der Waals surface area contributed by atoms with Gasteiger partial charge >= 0.3 is 0 Å². The third-order valence-electron chi connectivity index (χ3n) is 6.89. The van der Waals surface area contributed by atoms with Gasteiger partial charge < -0.3 is 10.2 Å². The molecule has 0 unspecified atom stereocenters. The number of hydrogen-bond acceptors (Lipinski definition) is 4. The van der Waals surface area contributed by atoms with Gasteiger partial charge in [0.15, 0.2) is 0 Å². The van der Waals surface area contributed by atoms with Gasteiger partial charge in [0.05, 0.1) is 0 Å². The van der Waals surface area contributed by atoms with Crippen molar-refractivity contribution in [2.75, 3.05) is 14.1 Å². The summed E-state index contributed by atoms with van der Waals surface area (Å²) in [7, 11) is 4.03. The van der Waals surface area contributed by atoms with E-state index in [0.29, 0.717) is 30.5 Å². The van der Waals surface area contributed by atoms with Crippen LogP contribution in [0.4, 0.5) is 4.39 Å². The second-order valence-electron chi connectivity index (χ2n) is 10.1. The lowest BCUT2D eigenvalue weighted by Gasteiger charge is -2.12. The normalized spacial score (nSPS) is 16.6. The Bertz CT molecular complexity index is 1470. The first-order valence-corrected chi connectivity index (χ1v) is 12.5. The van der Waals surface area contributed by atoms with Crippen LogP contribution in [0.5, 0.6) is 0 Å². The first-order chi connectivity index (χ1) is 17.9. The van der Waals surface area contributed by atoms with Gasteiger partial charge in [-0.15, -0.1) is 0 Å². The van der Waals surface area contributed by atoms with Gasteiger partial charge in [-0.3, -0.25) is 14.6 Å². The molecule has 4 aromatic rings. The Kier molecular flexibility index (Phi) is 7.10. The summed E-state index contributed by atoms with van der Waals surface area (Å²) in [5, 5.41) is 5.01. The molecule has 3 aromatic carbocycles. The molecule has 5 rings (SSSR count). The molecule has 0 saturated heterocycles. The van der Waals surface area contributed by atoms with Crippen LogP contribution in [-0.2, 0) is 24.3 Å². The van der Waals surface area contributed by atoms with E-state index in [1.165, 1.54) is 17.7 Å². The molecule has 1 aliphatic carbocycles. The van der Waals surface area contributed by atoms with Gasteiger partial charge in [0.25, 0.3) is 5.91 Å². The summed E-state index contributed by atoms with van der Waals surface area (Å²) < 4.78 is 14.7. The fraction of sp³-hybridized carbons (Fsp3) is 0.258. The average molecular weight is 496 g/mol. The second-order valence-corrected chi connectivity index (χ2v) is 10.1. The molecule has 1 heterocycles. The Balaban J connectivity index is 1.22. The fourth-order valence-electron chi connectivity index (χ4n) is 4.93. The highest BCUT2D eigenvalue weighted by Gasteiger charge is 2.44. The topological polar surface area (TPSA) is 62.3 Å². The number of Topliss-reactive ketones (excluding diaryl/α,β-unsaturated/α-hetero) is 1. The first-order valence-electron chi connectivity index (χ1n) is 12.5. The number of benzene rings is 3. The van der Waals surface area contributed by atoms with Crippen molar-refractivity contribution in [1.29, 1.82) is 0 Å². The molecule has 6 heteroatoms. The van der Waals surface area contributed by atoms with Crippen LogP contribution < -0.4 is 5.32 Å². The molecule has 0 bridgehead atoms. The molecule has 0 aliphatic heterocycles. The van der Waals surface area contributed by atoms with E-state index in [0.717, 1.165) is 28.4 Å². The average Bonchev–Trinajstić information content (AvgIpc) is 3.68. The molecule has 1 saturated carbocycles. The summed E-state index contributed by atoms with van der Waals surface area (Å²) in [4.78, 5) is 32.0. The second kappa shape index (κ2) is 10.6. The number of carbonyl (C=O) groups excluding carboxylic acids is 2. The lowest BCUT2D eigenvalue weighted by Crippen LogP contribution is -2.23. The number of nitrogens with one attached hydrogen (secondary N) is 1. The zero-order valence-electron chi connectivity index (χ0n) is 21.1. The van der Waals surface area contributed by atoms with Crippen molar-refractivity contribution in [3.63, 3.8) is 0 Å². The summed E-state index contributed by atoms with van der Waals surface area (Å²) >= 11 is 0. The number of halogens is 1. The Labute approximate surface area is 216 Å². The van der Waals surface area contributed by atoms with E-state index < -0.39 is 0 Å². The molecule has 1 aliphatic rings. The molecule has 1 N–H and O–H groups in total. The van der Waals surface area contributed by atoms with E-state index in [4.69, 9.17) is 0 Å². The number of fused-ring (bicyclic) bond motifs is 1. The lowest BCUT2D eigenvalue weighted by molar-refractivity contribution is -0.119. The summed E-state index contributed by atoms with van der Waals surface area (Å²) in [5.41, 5.74) is 3.97. The zero-order valence-corrected chi connectivity index (χ0v) is 21.1. The van der Waals surface area contributed by atoms with Gasteiger partial charge in [-0.05, 0) is 78.3 Å². The van der Waals surface area contributed by atoms with Gasteiger partial charge in [-0.1, -0.05) is 42.5 Å². The minimum absolute atomic E-state index is 0.102. The highest BCUT2D eigenvalue weighted by atomic mass is 19.1. The first kappa shape index (κ1) is 24.8. The van der Waals surface area contributed by atoms with Gasteiger partial charge in [0.2, 0.25) is 0 Å². The SMILES string of the molecule is CN(C)Cc1cccc(CNC(=O)c2ccc(F)c([C@@H]3C[C@H]3C(=O)Cc3ccc4cnccc4c3)c2)c1. The van der Waals surface area contributed by atoms with E-state index in [-0.39, 0.29) is 29.3 Å². The lowest BCUT2D eigenvalue weighted by atomic mass is 9.99. The van der Waals surface area contributed by atoms with Crippen LogP contribution >= 0.6 is 0 Å². The number of ketones is 1. The van der Waals surface area contributed by atoms with E-state index in [2.05, 4.69) is 27.3 Å². The smallest absolute Gasteiger partial charge is 0.251 e. The van der Waals surface area contributed by atoms with Crippen LogP contribution in [0.1, 0.15) is 45.0 Å². The van der Waals surface area contributed by atoms with E-state index >= 15 is 0 Å². The number of hydrogen-bond donors (Lipinski definition) is 1. The molecule has 0 radical (unpaired) electrons. The van der Waals surface area contributed by atoms with Crippen LogP contribution in [0.25, 0.3) is 10.8 Å². The van der Waals surface area contributed by atoms with Crippen molar-refractivity contribution in [1.82, 2.24) is 15.2 Å². The Morgan fingerprint density at radius 1 is 0.973 bits per heavy atom. The van der Waals surface area contributed by atoms with E-state index in [9.17, 15) is 14.0 Å². The van der Waals surface area contributed by atoms with Gasteiger partial charge in [-0.25, -0.2) is 4.39 Å². The molecule has 1 fully saturated rings. The maximum absolute atomic E-state index is 14.7. The van der Waals surface area contributed by atoms with Crippen LogP contribution in [-0.4, -0.2) is 35.7 Å². The minimum Gasteiger partial charge on any atom is -0.348 e. The van der Waals surface area contributed by atoms with Crippen molar-refractivity contribution in [2.24, 2.45) is 5.92 Å². The molecule has 5 nitrogen and oxygen atoms in total. The number of rotatable bonds is 9. The standard InChI is InChI=1S/C31H30FN3O2/c1-35(2)19-22-5-3-4-21(12-22)17-34-31(37)24-8-9-29(32)27(15-24)26-16-28(26)30(36)14-20-6-7-25-18-33-11-10-23(25)13-20/h3-13,15,18,26,28H,14,16-17,19H2,1-2H3,(H,34,37)/t26-,28+/m0/s1. The predicted molar refractivity (Wildman–Crippen MR) is 143 cm³/mol.